The highest BCUT2D eigenvalue weighted by atomic mass is 35.5. The Morgan fingerprint density at radius 1 is 1.20 bits per heavy atom. The normalized spacial score (nSPS) is 19.6. The summed E-state index contributed by atoms with van der Waals surface area (Å²) in [7, 11) is 0. The largest absolute Gasteiger partial charge is 0.340 e. The van der Waals surface area contributed by atoms with Crippen molar-refractivity contribution < 1.29 is 4.39 Å². The number of aromatic nitrogens is 3. The summed E-state index contributed by atoms with van der Waals surface area (Å²) in [6.07, 6.45) is 0.861. The Kier molecular flexibility index (Phi) is 6.21. The minimum absolute atomic E-state index is 0. The number of benzene rings is 1. The molecule has 4 rings (SSSR count). The van der Waals surface area contributed by atoms with E-state index in [-0.39, 0.29) is 18.4 Å². The number of imidazole rings is 1. The molecule has 0 amide bonds. The van der Waals surface area contributed by atoms with Gasteiger partial charge in [-0.15, -0.1) is 12.4 Å². The van der Waals surface area contributed by atoms with Crippen molar-refractivity contribution in [2.75, 3.05) is 18.0 Å². The van der Waals surface area contributed by atoms with Gasteiger partial charge in [0.15, 0.2) is 0 Å². The van der Waals surface area contributed by atoms with Crippen LogP contribution >= 0.6 is 12.4 Å². The van der Waals surface area contributed by atoms with Gasteiger partial charge in [0.05, 0.1) is 46.0 Å². The lowest BCUT2D eigenvalue weighted by molar-refractivity contribution is 0.243. The lowest BCUT2D eigenvalue weighted by atomic mass is 10.1. The first-order chi connectivity index (χ1) is 14.0. The molecule has 3 aromatic rings. The van der Waals surface area contributed by atoms with Crippen LogP contribution in [0.15, 0.2) is 36.5 Å². The molecule has 1 saturated heterocycles. The smallest absolute Gasteiger partial charge is 0.207 e. The van der Waals surface area contributed by atoms with Crippen LogP contribution in [0, 0.1) is 22.7 Å². The number of nitrogens with zero attached hydrogens (tertiary/aromatic N) is 6. The topological polar surface area (TPSA) is 108 Å². The summed E-state index contributed by atoms with van der Waals surface area (Å²) in [5, 5.41) is 18.4. The summed E-state index contributed by atoms with van der Waals surface area (Å²) < 4.78 is 15.9. The highest BCUT2D eigenvalue weighted by molar-refractivity contribution is 5.85. The molecule has 3 heterocycles. The number of nitriles is 2. The van der Waals surface area contributed by atoms with E-state index in [2.05, 4.69) is 17.1 Å². The van der Waals surface area contributed by atoms with Crippen LogP contribution in [-0.4, -0.2) is 39.8 Å². The molecule has 0 aliphatic carbocycles. The van der Waals surface area contributed by atoms with Crippen molar-refractivity contribution in [3.8, 4) is 12.1 Å². The minimum atomic E-state index is -1.02. The summed E-state index contributed by atoms with van der Waals surface area (Å²) in [5.74, 6) is 0.677. The van der Waals surface area contributed by atoms with E-state index in [0.717, 1.165) is 16.7 Å². The first-order valence-corrected chi connectivity index (χ1v) is 9.44. The van der Waals surface area contributed by atoms with E-state index >= 15 is 0 Å². The number of hydrogen-bond acceptors (Lipinski definition) is 6. The Morgan fingerprint density at radius 2 is 1.93 bits per heavy atom. The molecule has 0 saturated carbocycles. The average molecular weight is 426 g/mol. The van der Waals surface area contributed by atoms with Gasteiger partial charge in [-0.05, 0) is 43.7 Å². The van der Waals surface area contributed by atoms with Crippen molar-refractivity contribution in [2.24, 2.45) is 5.73 Å². The van der Waals surface area contributed by atoms with E-state index in [1.165, 1.54) is 6.20 Å². The molecule has 2 N–H and O–H groups in total. The van der Waals surface area contributed by atoms with Gasteiger partial charge in [0.25, 0.3) is 0 Å². The van der Waals surface area contributed by atoms with Crippen LogP contribution in [0.5, 0.6) is 0 Å². The highest BCUT2D eigenvalue weighted by Crippen LogP contribution is 2.32. The van der Waals surface area contributed by atoms with Crippen LogP contribution in [0.2, 0.25) is 0 Å². The average Bonchev–Trinajstić information content (AvgIpc) is 3.13. The third-order valence-electron chi connectivity index (χ3n) is 5.38. The van der Waals surface area contributed by atoms with Crippen LogP contribution < -0.4 is 10.6 Å². The molecule has 2 aromatic heterocycles. The molecule has 1 aliphatic heterocycles. The lowest BCUT2D eigenvalue weighted by Gasteiger charge is -2.34. The molecule has 30 heavy (non-hydrogen) atoms. The predicted octanol–water partition coefficient (Wildman–Crippen LogP) is 3.08. The van der Waals surface area contributed by atoms with Crippen molar-refractivity contribution in [3.05, 3.63) is 53.3 Å². The van der Waals surface area contributed by atoms with Gasteiger partial charge in [-0.1, -0.05) is 0 Å². The molecule has 154 valence electrons. The number of hydrogen-bond donors (Lipinski definition) is 1. The lowest BCUT2D eigenvalue weighted by Crippen LogP contribution is -2.50. The van der Waals surface area contributed by atoms with E-state index in [0.29, 0.717) is 36.6 Å². The zero-order valence-corrected chi connectivity index (χ0v) is 17.2. The van der Waals surface area contributed by atoms with Gasteiger partial charge in [-0.2, -0.15) is 10.5 Å². The molecule has 1 aliphatic rings. The highest BCUT2D eigenvalue weighted by Gasteiger charge is 2.30. The third kappa shape index (κ3) is 3.80. The second-order valence-electron chi connectivity index (χ2n) is 7.27. The van der Waals surface area contributed by atoms with Crippen LogP contribution in [0.3, 0.4) is 0 Å². The summed E-state index contributed by atoms with van der Waals surface area (Å²) in [5.41, 5.74) is 9.30. The van der Waals surface area contributed by atoms with Gasteiger partial charge in [0.1, 0.15) is 12.2 Å². The van der Waals surface area contributed by atoms with Gasteiger partial charge in [0.2, 0.25) is 5.95 Å². The van der Waals surface area contributed by atoms with Gasteiger partial charge < -0.3 is 15.2 Å². The molecule has 0 bridgehead atoms. The Balaban J connectivity index is 0.00000256. The first-order valence-electron chi connectivity index (χ1n) is 9.44. The van der Waals surface area contributed by atoms with E-state index in [4.69, 9.17) is 16.0 Å². The minimum Gasteiger partial charge on any atom is -0.340 e. The first kappa shape index (κ1) is 21.5. The van der Waals surface area contributed by atoms with Crippen molar-refractivity contribution >= 4 is 29.4 Å². The standard InChI is InChI=1S/C21H20FN7.ClH/c1-13(18-4-3-15(10-24)11-26-18)29-20-8-14(9-23)2-5-19(20)27-21(29)28-7-6-16(22)17(25)12-28;/h2-5,8,11,13,16-17H,6-7,12,25H2,1H3;1H/t13?,16-,17-;/m1./s1. The zero-order valence-electron chi connectivity index (χ0n) is 16.4. The zero-order chi connectivity index (χ0) is 20.5. The van der Waals surface area contributed by atoms with Crippen molar-refractivity contribution in [1.82, 2.24) is 14.5 Å². The van der Waals surface area contributed by atoms with E-state index in [1.807, 2.05) is 28.5 Å². The van der Waals surface area contributed by atoms with E-state index < -0.39 is 12.2 Å². The molecule has 0 spiro atoms. The quantitative estimate of drug-likeness (QED) is 0.690. The Morgan fingerprint density at radius 3 is 2.57 bits per heavy atom. The number of nitrogens with two attached hydrogens (primary N) is 1. The van der Waals surface area contributed by atoms with Crippen LogP contribution in [-0.2, 0) is 0 Å². The Labute approximate surface area is 180 Å². The summed E-state index contributed by atoms with van der Waals surface area (Å²) in [6, 6.07) is 12.3. The molecule has 9 heteroatoms. The monoisotopic (exact) mass is 425 g/mol. The van der Waals surface area contributed by atoms with Crippen LogP contribution in [0.4, 0.5) is 10.3 Å². The van der Waals surface area contributed by atoms with Gasteiger partial charge in [-0.3, -0.25) is 4.98 Å². The Bertz CT molecular complexity index is 1130. The fraction of sp³-hybridized carbons (Fsp3) is 0.333. The van der Waals surface area contributed by atoms with Gasteiger partial charge >= 0.3 is 0 Å². The second kappa shape index (κ2) is 8.66. The summed E-state index contributed by atoms with van der Waals surface area (Å²) >= 11 is 0. The van der Waals surface area contributed by atoms with Crippen molar-refractivity contribution in [3.63, 3.8) is 0 Å². The van der Waals surface area contributed by atoms with Crippen LogP contribution in [0.1, 0.15) is 36.2 Å². The molecule has 1 fully saturated rings. The number of pyridine rings is 1. The number of alkyl halides is 1. The Hall–Kier alpha value is -3.20. The maximum absolute atomic E-state index is 13.9. The third-order valence-corrected chi connectivity index (χ3v) is 5.38. The molecule has 3 atom stereocenters. The van der Waals surface area contributed by atoms with Crippen LogP contribution in [0.25, 0.3) is 11.0 Å². The second-order valence-corrected chi connectivity index (χ2v) is 7.27. The summed E-state index contributed by atoms with van der Waals surface area (Å²) in [4.78, 5) is 11.2. The number of anilines is 1. The number of rotatable bonds is 3. The van der Waals surface area contributed by atoms with Gasteiger partial charge in [-0.25, -0.2) is 9.37 Å². The van der Waals surface area contributed by atoms with Crippen molar-refractivity contribution in [1.29, 1.82) is 10.5 Å². The molecular weight excluding hydrogens is 405 g/mol. The number of halogens is 2. The summed E-state index contributed by atoms with van der Waals surface area (Å²) in [6.45, 7) is 2.86. The number of piperidine rings is 1. The SMILES string of the molecule is CC(c1ccc(C#N)cn1)n1c(N2CC[C@@H](F)[C@H](N)C2)nc2ccc(C#N)cc21.Cl. The fourth-order valence-electron chi connectivity index (χ4n) is 3.74. The molecule has 7 nitrogen and oxygen atoms in total. The molecule has 1 unspecified atom stereocenters. The fourth-order valence-corrected chi connectivity index (χ4v) is 3.74. The van der Waals surface area contributed by atoms with Gasteiger partial charge in [0, 0.05) is 19.3 Å². The number of fused-ring (bicyclic) bond motifs is 1. The molecule has 0 radical (unpaired) electrons. The predicted molar refractivity (Wildman–Crippen MR) is 114 cm³/mol. The maximum Gasteiger partial charge on any atom is 0.207 e. The molecular formula is C21H21ClFN7. The van der Waals surface area contributed by atoms with E-state index in [9.17, 15) is 9.65 Å². The van der Waals surface area contributed by atoms with E-state index in [1.54, 1.807) is 18.2 Å². The maximum atomic E-state index is 13.9. The molecule has 1 aromatic carbocycles. The van der Waals surface area contributed by atoms with Crippen molar-refractivity contribution in [2.45, 2.75) is 31.6 Å².